The maximum absolute atomic E-state index is 15.4. The van der Waals surface area contributed by atoms with Crippen molar-refractivity contribution in [1.29, 1.82) is 0 Å². The van der Waals surface area contributed by atoms with Crippen molar-refractivity contribution in [3.8, 4) is 0 Å². The van der Waals surface area contributed by atoms with Crippen LogP contribution in [0, 0.1) is 17.3 Å². The second kappa shape index (κ2) is 8.75. The first-order chi connectivity index (χ1) is 16.6. The van der Waals surface area contributed by atoms with E-state index in [1.165, 1.54) is 24.3 Å². The number of hydrogen-bond acceptors (Lipinski definition) is 4. The molecule has 1 aliphatic heterocycles. The van der Waals surface area contributed by atoms with Gasteiger partial charge in [-0.2, -0.15) is 13.1 Å². The van der Waals surface area contributed by atoms with Gasteiger partial charge in [-0.25, -0.2) is 8.42 Å². The molecule has 1 spiro atoms. The quantitative estimate of drug-likeness (QED) is 0.468. The Kier molecular flexibility index (Phi) is 6.27. The fraction of sp³-hybridized carbons (Fsp3) is 0.630. The molecule has 3 fully saturated rings. The smallest absolute Gasteiger partial charge is 0.347 e. The summed E-state index contributed by atoms with van der Waals surface area (Å²) in [6.07, 6.45) is 8.09. The zero-order chi connectivity index (χ0) is 25.1. The lowest BCUT2D eigenvalue weighted by Gasteiger charge is -2.52. The molecule has 5 rings (SSSR count). The maximum atomic E-state index is 15.4. The molecule has 0 aromatic heterocycles. The van der Waals surface area contributed by atoms with Gasteiger partial charge < -0.3 is 9.47 Å². The number of sulfonamides is 1. The summed E-state index contributed by atoms with van der Waals surface area (Å²) < 4.78 is 69.6. The largest absolute Gasteiger partial charge is 0.384 e. The molecule has 8 heteroatoms. The predicted molar refractivity (Wildman–Crippen MR) is 130 cm³/mol. The molecule has 3 aliphatic carbocycles. The number of alkyl halides is 2. The van der Waals surface area contributed by atoms with Gasteiger partial charge in [0.15, 0.2) is 5.79 Å². The summed E-state index contributed by atoms with van der Waals surface area (Å²) >= 11 is 0. The lowest BCUT2D eigenvalue weighted by Crippen LogP contribution is -2.51. The lowest BCUT2D eigenvalue weighted by molar-refractivity contribution is -0.237. The van der Waals surface area contributed by atoms with Gasteiger partial charge >= 0.3 is 5.25 Å². The molecule has 0 unspecified atom stereocenters. The van der Waals surface area contributed by atoms with Gasteiger partial charge in [0.25, 0.3) is 10.0 Å². The molecular formula is C27H35F2NO4S. The molecule has 4 atom stereocenters. The zero-order valence-corrected chi connectivity index (χ0v) is 21.2. The average molecular weight is 508 g/mol. The monoisotopic (exact) mass is 507 g/mol. The van der Waals surface area contributed by atoms with E-state index < -0.39 is 26.6 Å². The highest BCUT2D eigenvalue weighted by Gasteiger charge is 2.65. The fourth-order valence-electron chi connectivity index (χ4n) is 7.52. The van der Waals surface area contributed by atoms with E-state index in [2.05, 4.69) is 20.1 Å². The van der Waals surface area contributed by atoms with Crippen LogP contribution in [0.1, 0.15) is 61.6 Å². The lowest BCUT2D eigenvalue weighted by atomic mass is 9.55. The van der Waals surface area contributed by atoms with Gasteiger partial charge in [-0.15, -0.1) is 13.2 Å². The SMILES string of the molecule is C=CCN(CC=C)S(=O)(=O)C(F)(F)c1ccc2c(c1)CC[C@@H]1[C@@H]2CC[C@@]2(C)[C@H]1CCC21OCCO1. The fourth-order valence-corrected chi connectivity index (χ4v) is 8.87. The average Bonchev–Trinajstić information content (AvgIpc) is 3.44. The molecule has 0 radical (unpaired) electrons. The third kappa shape index (κ3) is 3.58. The van der Waals surface area contributed by atoms with Gasteiger partial charge in [-0.3, -0.25) is 0 Å². The van der Waals surface area contributed by atoms with Crippen molar-refractivity contribution in [3.63, 3.8) is 0 Å². The van der Waals surface area contributed by atoms with E-state index in [0.717, 1.165) is 43.2 Å². The summed E-state index contributed by atoms with van der Waals surface area (Å²) in [7, 11) is -4.93. The van der Waals surface area contributed by atoms with E-state index in [9.17, 15) is 8.42 Å². The van der Waals surface area contributed by atoms with Crippen LogP contribution in [0.4, 0.5) is 8.78 Å². The Morgan fingerprint density at radius 1 is 1.11 bits per heavy atom. The molecule has 1 aromatic rings. The minimum Gasteiger partial charge on any atom is -0.347 e. The summed E-state index contributed by atoms with van der Waals surface area (Å²) in [6.45, 7) is 10.2. The van der Waals surface area contributed by atoms with E-state index in [4.69, 9.17) is 9.47 Å². The van der Waals surface area contributed by atoms with Crippen LogP contribution in [0.5, 0.6) is 0 Å². The van der Waals surface area contributed by atoms with Crippen molar-refractivity contribution in [1.82, 2.24) is 4.31 Å². The van der Waals surface area contributed by atoms with Crippen molar-refractivity contribution in [3.05, 3.63) is 60.2 Å². The standard InChI is InChI=1S/C27H35F2NO4S/c1-4-14-30(15-5-2)35(31,32)27(28,29)20-7-9-21-19(18-20)6-8-23-22(21)10-12-25(3)24(23)11-13-26(25)33-16-17-34-26/h4-5,7,9,18,22-24H,1-2,6,8,10-17H2,3H3/t22-,23-,24+,25+/m1/s1. The molecule has 1 aromatic carbocycles. The number of aryl methyl sites for hydroxylation is 1. The molecule has 2 saturated carbocycles. The Balaban J connectivity index is 1.43. The van der Waals surface area contributed by atoms with Gasteiger partial charge in [0, 0.05) is 30.5 Å². The third-order valence-electron chi connectivity index (χ3n) is 9.19. The molecule has 192 valence electrons. The minimum atomic E-state index is -4.93. The number of fused-ring (bicyclic) bond motifs is 6. The first kappa shape index (κ1) is 25.1. The van der Waals surface area contributed by atoms with E-state index in [-0.39, 0.29) is 18.5 Å². The van der Waals surface area contributed by atoms with Crippen LogP contribution in [-0.2, 0) is 31.2 Å². The highest BCUT2D eigenvalue weighted by Crippen LogP contribution is 2.66. The van der Waals surface area contributed by atoms with Gasteiger partial charge in [0.1, 0.15) is 0 Å². The number of ether oxygens (including phenoxy) is 2. The molecule has 1 heterocycles. The Morgan fingerprint density at radius 3 is 2.46 bits per heavy atom. The third-order valence-corrected chi connectivity index (χ3v) is 11.1. The molecule has 0 bridgehead atoms. The van der Waals surface area contributed by atoms with E-state index in [1.807, 2.05) is 0 Å². The van der Waals surface area contributed by atoms with Crippen molar-refractivity contribution in [2.75, 3.05) is 26.3 Å². The van der Waals surface area contributed by atoms with Crippen LogP contribution in [0.15, 0.2) is 43.5 Å². The van der Waals surface area contributed by atoms with Crippen molar-refractivity contribution < 1.29 is 26.7 Å². The topological polar surface area (TPSA) is 55.8 Å². The molecule has 4 aliphatic rings. The molecule has 1 saturated heterocycles. The normalized spacial score (nSPS) is 31.7. The van der Waals surface area contributed by atoms with Gasteiger partial charge in [-0.1, -0.05) is 31.2 Å². The Labute approximate surface area is 207 Å². The Bertz CT molecular complexity index is 1100. The summed E-state index contributed by atoms with van der Waals surface area (Å²) in [5.74, 6) is 0.761. The number of benzene rings is 1. The summed E-state index contributed by atoms with van der Waals surface area (Å²) in [5, 5.41) is -4.04. The first-order valence-electron chi connectivity index (χ1n) is 12.6. The molecule has 0 N–H and O–H groups in total. The van der Waals surface area contributed by atoms with Crippen LogP contribution >= 0.6 is 0 Å². The molecule has 5 nitrogen and oxygen atoms in total. The Hall–Kier alpha value is -1.61. The predicted octanol–water partition coefficient (Wildman–Crippen LogP) is 5.34. The Morgan fingerprint density at radius 2 is 1.80 bits per heavy atom. The zero-order valence-electron chi connectivity index (χ0n) is 20.3. The second-order valence-corrected chi connectivity index (χ2v) is 12.7. The minimum absolute atomic E-state index is 0.0248. The van der Waals surface area contributed by atoms with Gasteiger partial charge in [-0.05, 0) is 67.1 Å². The van der Waals surface area contributed by atoms with Crippen molar-refractivity contribution in [2.45, 2.75) is 62.4 Å². The van der Waals surface area contributed by atoms with E-state index in [1.54, 1.807) is 6.07 Å². The summed E-state index contributed by atoms with van der Waals surface area (Å²) in [5.41, 5.74) is 1.45. The highest BCUT2D eigenvalue weighted by atomic mass is 32.2. The summed E-state index contributed by atoms with van der Waals surface area (Å²) in [6, 6.07) is 4.49. The van der Waals surface area contributed by atoms with Gasteiger partial charge in [0.2, 0.25) is 0 Å². The van der Waals surface area contributed by atoms with E-state index in [0.29, 0.717) is 41.7 Å². The van der Waals surface area contributed by atoms with Crippen LogP contribution in [0.25, 0.3) is 0 Å². The van der Waals surface area contributed by atoms with Gasteiger partial charge in [0.05, 0.1) is 13.2 Å². The number of halogens is 2. The summed E-state index contributed by atoms with van der Waals surface area (Å²) in [4.78, 5) is 0. The van der Waals surface area contributed by atoms with Crippen LogP contribution in [0.2, 0.25) is 0 Å². The number of nitrogens with zero attached hydrogens (tertiary/aromatic N) is 1. The van der Waals surface area contributed by atoms with E-state index >= 15 is 8.78 Å². The van der Waals surface area contributed by atoms with Crippen LogP contribution < -0.4 is 0 Å². The van der Waals surface area contributed by atoms with Crippen LogP contribution in [0.3, 0.4) is 0 Å². The van der Waals surface area contributed by atoms with Crippen LogP contribution in [-0.4, -0.2) is 44.8 Å². The highest BCUT2D eigenvalue weighted by molar-refractivity contribution is 7.89. The molecule has 35 heavy (non-hydrogen) atoms. The van der Waals surface area contributed by atoms with Crippen molar-refractivity contribution in [2.24, 2.45) is 17.3 Å². The molecular weight excluding hydrogens is 472 g/mol. The van der Waals surface area contributed by atoms with Crippen molar-refractivity contribution >= 4 is 10.0 Å². The number of hydrogen-bond donors (Lipinski definition) is 0. The first-order valence-corrected chi connectivity index (χ1v) is 14.1. The molecule has 0 amide bonds. The number of rotatable bonds is 7. The second-order valence-electron chi connectivity index (χ2n) is 10.7. The maximum Gasteiger partial charge on any atom is 0.384 e.